The molecule has 0 bridgehead atoms. The van der Waals surface area contributed by atoms with Gasteiger partial charge in [0.2, 0.25) is 0 Å². The molecule has 0 aliphatic rings. The van der Waals surface area contributed by atoms with Crippen LogP contribution in [-0.2, 0) is 6.54 Å². The molecular formula is C24H23NO3S. The third kappa shape index (κ3) is 3.66. The van der Waals surface area contributed by atoms with Gasteiger partial charge in [-0.2, -0.15) is 0 Å². The number of aryl methyl sites for hydroxylation is 3. The van der Waals surface area contributed by atoms with E-state index in [1.807, 2.05) is 54.8 Å². The maximum absolute atomic E-state index is 13.6. The van der Waals surface area contributed by atoms with Crippen LogP contribution in [0.4, 0.5) is 5.69 Å². The number of carbonyl (C=O) groups is 1. The first-order valence-electron chi connectivity index (χ1n) is 9.46. The van der Waals surface area contributed by atoms with Crippen molar-refractivity contribution in [2.45, 2.75) is 27.3 Å². The van der Waals surface area contributed by atoms with Gasteiger partial charge in [0.1, 0.15) is 11.3 Å². The third-order valence-corrected chi connectivity index (χ3v) is 6.13. The van der Waals surface area contributed by atoms with E-state index in [-0.39, 0.29) is 5.91 Å². The largest absolute Gasteiger partial charge is 0.497 e. The van der Waals surface area contributed by atoms with Gasteiger partial charge >= 0.3 is 0 Å². The van der Waals surface area contributed by atoms with E-state index in [0.717, 1.165) is 38.4 Å². The molecule has 0 fully saturated rings. The molecule has 0 saturated heterocycles. The topological polar surface area (TPSA) is 42.7 Å². The Morgan fingerprint density at radius 2 is 1.79 bits per heavy atom. The van der Waals surface area contributed by atoms with Gasteiger partial charge in [-0.05, 0) is 79.7 Å². The highest BCUT2D eigenvalue weighted by molar-refractivity contribution is 7.09. The van der Waals surface area contributed by atoms with Crippen LogP contribution in [0.3, 0.4) is 0 Å². The zero-order chi connectivity index (χ0) is 20.5. The van der Waals surface area contributed by atoms with E-state index in [0.29, 0.717) is 12.3 Å². The van der Waals surface area contributed by atoms with Crippen LogP contribution in [0.2, 0.25) is 0 Å². The quantitative estimate of drug-likeness (QED) is 0.393. The van der Waals surface area contributed by atoms with Crippen molar-refractivity contribution in [3.8, 4) is 5.75 Å². The van der Waals surface area contributed by atoms with Gasteiger partial charge in [-0.25, -0.2) is 0 Å². The van der Waals surface area contributed by atoms with Crippen molar-refractivity contribution in [3.63, 3.8) is 0 Å². The van der Waals surface area contributed by atoms with Crippen LogP contribution in [0.5, 0.6) is 5.75 Å². The first-order valence-corrected chi connectivity index (χ1v) is 10.3. The Kier molecular flexibility index (Phi) is 5.16. The first kappa shape index (κ1) is 19.3. The molecule has 0 radical (unpaired) electrons. The number of fused-ring (bicyclic) bond motifs is 1. The second-order valence-corrected chi connectivity index (χ2v) is 8.19. The molecule has 4 rings (SSSR count). The summed E-state index contributed by atoms with van der Waals surface area (Å²) in [5, 5.41) is 3.01. The lowest BCUT2D eigenvalue weighted by atomic mass is 10.0. The lowest BCUT2D eigenvalue weighted by Gasteiger charge is -2.22. The monoisotopic (exact) mass is 405 g/mol. The molecular weight excluding hydrogens is 382 g/mol. The van der Waals surface area contributed by atoms with Crippen molar-refractivity contribution in [2.75, 3.05) is 12.0 Å². The van der Waals surface area contributed by atoms with Gasteiger partial charge in [0.05, 0.1) is 13.7 Å². The van der Waals surface area contributed by atoms with Gasteiger partial charge in [0.15, 0.2) is 5.76 Å². The fraction of sp³-hybridized carbons (Fsp3) is 0.208. The van der Waals surface area contributed by atoms with E-state index < -0.39 is 0 Å². The molecule has 0 unspecified atom stereocenters. The Balaban J connectivity index is 1.78. The van der Waals surface area contributed by atoms with Gasteiger partial charge in [-0.1, -0.05) is 6.07 Å². The summed E-state index contributed by atoms with van der Waals surface area (Å²) in [7, 11) is 1.63. The minimum Gasteiger partial charge on any atom is -0.497 e. The van der Waals surface area contributed by atoms with E-state index in [1.165, 1.54) is 5.56 Å². The summed E-state index contributed by atoms with van der Waals surface area (Å²) >= 11 is 1.63. The molecule has 0 atom stereocenters. The predicted octanol–water partition coefficient (Wildman–Crippen LogP) is 6.28. The minimum absolute atomic E-state index is 0.146. The van der Waals surface area contributed by atoms with Crippen molar-refractivity contribution in [1.82, 2.24) is 0 Å². The Morgan fingerprint density at radius 1 is 1.07 bits per heavy atom. The number of methoxy groups -OCH3 is 1. The lowest BCUT2D eigenvalue weighted by Crippen LogP contribution is -2.30. The normalized spacial score (nSPS) is 11.0. The van der Waals surface area contributed by atoms with Crippen molar-refractivity contribution < 1.29 is 13.9 Å². The Labute approximate surface area is 174 Å². The molecule has 0 spiro atoms. The van der Waals surface area contributed by atoms with Gasteiger partial charge < -0.3 is 14.1 Å². The smallest absolute Gasteiger partial charge is 0.294 e. The molecule has 2 aromatic carbocycles. The standard InChI is InChI=1S/C24H23NO3S/c1-15-12-21-17(3)23(28-22(21)13-16(15)2)24(26)25(14-20-6-5-11-29-20)18-7-9-19(27-4)10-8-18/h5-13H,14H2,1-4H3. The average molecular weight is 406 g/mol. The molecule has 0 N–H and O–H groups in total. The second-order valence-electron chi connectivity index (χ2n) is 7.16. The third-order valence-electron chi connectivity index (χ3n) is 5.27. The zero-order valence-corrected chi connectivity index (χ0v) is 17.8. The number of hydrogen-bond acceptors (Lipinski definition) is 4. The summed E-state index contributed by atoms with van der Waals surface area (Å²) in [6.45, 7) is 6.56. The van der Waals surface area contributed by atoms with Crippen LogP contribution in [0.25, 0.3) is 11.0 Å². The number of amides is 1. The molecule has 4 aromatic rings. The highest BCUT2D eigenvalue weighted by Crippen LogP contribution is 2.31. The molecule has 1 amide bonds. The average Bonchev–Trinajstić information content (AvgIpc) is 3.35. The van der Waals surface area contributed by atoms with E-state index in [4.69, 9.17) is 9.15 Å². The Morgan fingerprint density at radius 3 is 2.45 bits per heavy atom. The van der Waals surface area contributed by atoms with Gasteiger partial charge in [-0.15, -0.1) is 11.3 Å². The van der Waals surface area contributed by atoms with E-state index >= 15 is 0 Å². The number of benzene rings is 2. The number of anilines is 1. The van der Waals surface area contributed by atoms with Crippen LogP contribution in [0, 0.1) is 20.8 Å². The fourth-order valence-corrected chi connectivity index (χ4v) is 4.10. The number of nitrogens with zero attached hydrogens (tertiary/aromatic N) is 1. The van der Waals surface area contributed by atoms with Crippen LogP contribution in [0.15, 0.2) is 58.3 Å². The van der Waals surface area contributed by atoms with Gasteiger partial charge in [-0.3, -0.25) is 4.79 Å². The zero-order valence-electron chi connectivity index (χ0n) is 17.0. The molecule has 5 heteroatoms. The SMILES string of the molecule is COc1ccc(N(Cc2cccs2)C(=O)c2oc3cc(C)c(C)cc3c2C)cc1. The number of hydrogen-bond donors (Lipinski definition) is 0. The summed E-state index contributed by atoms with van der Waals surface area (Å²) in [6, 6.07) is 15.7. The summed E-state index contributed by atoms with van der Waals surface area (Å²) in [5.74, 6) is 0.994. The predicted molar refractivity (Wildman–Crippen MR) is 118 cm³/mol. The minimum atomic E-state index is -0.146. The van der Waals surface area contributed by atoms with Crippen LogP contribution in [-0.4, -0.2) is 13.0 Å². The number of thiophene rings is 1. The molecule has 4 nitrogen and oxygen atoms in total. The van der Waals surface area contributed by atoms with Crippen molar-refractivity contribution in [2.24, 2.45) is 0 Å². The molecule has 0 saturated carbocycles. The summed E-state index contributed by atoms with van der Waals surface area (Å²) in [4.78, 5) is 16.5. The number of carbonyl (C=O) groups excluding carboxylic acids is 1. The van der Waals surface area contributed by atoms with Gasteiger partial charge in [0.25, 0.3) is 5.91 Å². The van der Waals surface area contributed by atoms with E-state index in [2.05, 4.69) is 19.9 Å². The highest BCUT2D eigenvalue weighted by Gasteiger charge is 2.25. The van der Waals surface area contributed by atoms with Gasteiger partial charge in [0, 0.05) is 21.5 Å². The second kappa shape index (κ2) is 7.76. The molecule has 148 valence electrons. The fourth-order valence-electron chi connectivity index (χ4n) is 3.40. The van der Waals surface area contributed by atoms with Crippen LogP contribution >= 0.6 is 11.3 Å². The van der Waals surface area contributed by atoms with Crippen molar-refractivity contribution in [1.29, 1.82) is 0 Å². The number of rotatable bonds is 5. The first-order chi connectivity index (χ1) is 14.0. The lowest BCUT2D eigenvalue weighted by molar-refractivity contribution is 0.0960. The van der Waals surface area contributed by atoms with Crippen LogP contribution in [0.1, 0.15) is 32.1 Å². The molecule has 29 heavy (non-hydrogen) atoms. The maximum Gasteiger partial charge on any atom is 0.294 e. The molecule has 2 heterocycles. The van der Waals surface area contributed by atoms with E-state index in [9.17, 15) is 4.79 Å². The molecule has 0 aliphatic heterocycles. The molecule has 2 aromatic heterocycles. The Hall–Kier alpha value is -3.05. The molecule has 0 aliphatic carbocycles. The summed E-state index contributed by atoms with van der Waals surface area (Å²) < 4.78 is 11.3. The maximum atomic E-state index is 13.6. The van der Waals surface area contributed by atoms with Crippen LogP contribution < -0.4 is 9.64 Å². The summed E-state index contributed by atoms with van der Waals surface area (Å²) in [6.07, 6.45) is 0. The summed E-state index contributed by atoms with van der Waals surface area (Å²) in [5.41, 5.74) is 4.76. The number of furan rings is 1. The van der Waals surface area contributed by atoms with E-state index in [1.54, 1.807) is 23.3 Å². The van der Waals surface area contributed by atoms with Crippen molar-refractivity contribution >= 4 is 33.9 Å². The Bertz CT molecular complexity index is 1160. The number of ether oxygens (including phenoxy) is 1. The highest BCUT2D eigenvalue weighted by atomic mass is 32.1. The van der Waals surface area contributed by atoms with Crippen molar-refractivity contribution in [3.05, 3.63) is 81.2 Å².